The molecule has 1 aliphatic rings. The zero-order valence-corrected chi connectivity index (χ0v) is 7.93. The van der Waals surface area contributed by atoms with Crippen LogP contribution < -0.4 is 5.32 Å². The second kappa shape index (κ2) is 4.04. The van der Waals surface area contributed by atoms with Gasteiger partial charge in [-0.1, -0.05) is 5.16 Å². The Bertz CT molecular complexity index is 302. The molecular formula is C8H13N3O3. The molecule has 1 aromatic rings. The molecule has 14 heavy (non-hydrogen) atoms. The second-order valence-corrected chi connectivity index (χ2v) is 3.32. The number of aliphatic hydroxyl groups is 1. The van der Waals surface area contributed by atoms with E-state index in [1.165, 1.54) is 0 Å². The van der Waals surface area contributed by atoms with Crippen molar-refractivity contribution in [1.82, 2.24) is 15.5 Å². The van der Waals surface area contributed by atoms with Crippen molar-refractivity contribution in [3.05, 3.63) is 11.7 Å². The number of nitrogens with zero attached hydrogens (tertiary/aromatic N) is 2. The molecule has 78 valence electrons. The Morgan fingerprint density at radius 1 is 1.57 bits per heavy atom. The molecule has 1 aliphatic heterocycles. The van der Waals surface area contributed by atoms with Crippen LogP contribution in [-0.4, -0.2) is 40.6 Å². The molecule has 2 unspecified atom stereocenters. The first-order valence-corrected chi connectivity index (χ1v) is 4.54. The van der Waals surface area contributed by atoms with Gasteiger partial charge in [-0.2, -0.15) is 4.98 Å². The van der Waals surface area contributed by atoms with Gasteiger partial charge in [0.05, 0.1) is 31.9 Å². The Hall–Kier alpha value is -0.980. The molecule has 2 rings (SSSR count). The van der Waals surface area contributed by atoms with E-state index in [1.807, 2.05) is 0 Å². The minimum atomic E-state index is -0.442. The van der Waals surface area contributed by atoms with Crippen molar-refractivity contribution in [2.24, 2.45) is 0 Å². The van der Waals surface area contributed by atoms with Crippen LogP contribution in [0.5, 0.6) is 0 Å². The van der Waals surface area contributed by atoms with Gasteiger partial charge in [-0.15, -0.1) is 0 Å². The van der Waals surface area contributed by atoms with Gasteiger partial charge in [0.2, 0.25) is 5.89 Å². The van der Waals surface area contributed by atoms with Crippen molar-refractivity contribution >= 4 is 0 Å². The van der Waals surface area contributed by atoms with Gasteiger partial charge in [0, 0.05) is 6.92 Å². The average Bonchev–Trinajstić information content (AvgIpc) is 2.72. The lowest BCUT2D eigenvalue weighted by Gasteiger charge is -2.12. The number of hydrogen-bond acceptors (Lipinski definition) is 6. The second-order valence-electron chi connectivity index (χ2n) is 3.32. The lowest BCUT2D eigenvalue weighted by molar-refractivity contribution is 0.122. The molecule has 2 atom stereocenters. The van der Waals surface area contributed by atoms with Gasteiger partial charge >= 0.3 is 0 Å². The number of aliphatic hydroxyl groups excluding tert-OH is 1. The first-order chi connectivity index (χ1) is 6.75. The minimum absolute atomic E-state index is 0.0335. The zero-order valence-electron chi connectivity index (χ0n) is 7.93. The Morgan fingerprint density at radius 3 is 3.00 bits per heavy atom. The topological polar surface area (TPSA) is 80.4 Å². The van der Waals surface area contributed by atoms with Crippen LogP contribution in [0.2, 0.25) is 0 Å². The van der Waals surface area contributed by atoms with E-state index < -0.39 is 6.10 Å². The highest BCUT2D eigenvalue weighted by molar-refractivity contribution is 4.87. The van der Waals surface area contributed by atoms with Gasteiger partial charge in [0.1, 0.15) is 0 Å². The number of nitrogens with one attached hydrogen (secondary N) is 1. The van der Waals surface area contributed by atoms with E-state index in [0.29, 0.717) is 31.5 Å². The molecule has 0 amide bonds. The minimum Gasteiger partial charge on any atom is -0.389 e. The Labute approximate surface area is 81.3 Å². The third kappa shape index (κ3) is 2.09. The van der Waals surface area contributed by atoms with E-state index in [2.05, 4.69) is 15.5 Å². The fourth-order valence-corrected chi connectivity index (χ4v) is 1.37. The van der Waals surface area contributed by atoms with Crippen molar-refractivity contribution in [2.45, 2.75) is 25.6 Å². The molecule has 0 saturated carbocycles. The first kappa shape index (κ1) is 9.57. The number of ether oxygens (including phenoxy) is 1. The van der Waals surface area contributed by atoms with Gasteiger partial charge in [-0.05, 0) is 0 Å². The van der Waals surface area contributed by atoms with Crippen molar-refractivity contribution in [3.8, 4) is 0 Å². The highest BCUT2D eigenvalue weighted by Gasteiger charge is 2.25. The maximum atomic E-state index is 9.42. The van der Waals surface area contributed by atoms with Crippen LogP contribution in [0.3, 0.4) is 0 Å². The molecule has 0 aromatic carbocycles. The summed E-state index contributed by atoms with van der Waals surface area (Å²) in [6.45, 7) is 3.15. The maximum absolute atomic E-state index is 9.42. The molecule has 2 heterocycles. The van der Waals surface area contributed by atoms with E-state index in [1.54, 1.807) is 6.92 Å². The van der Waals surface area contributed by atoms with Gasteiger partial charge in [-0.3, -0.25) is 0 Å². The number of aromatic nitrogens is 2. The standard InChI is InChI=1S/C8H13N3O3/c1-5-10-8(11-14-5)2-9-6-3-13-4-7(6)12/h6-7,9,12H,2-4H2,1H3. The number of rotatable bonds is 3. The highest BCUT2D eigenvalue weighted by atomic mass is 16.5. The SMILES string of the molecule is Cc1nc(CNC2COCC2O)no1. The van der Waals surface area contributed by atoms with Crippen molar-refractivity contribution in [1.29, 1.82) is 0 Å². The molecule has 0 spiro atoms. The lowest BCUT2D eigenvalue weighted by atomic mass is 10.2. The van der Waals surface area contributed by atoms with E-state index >= 15 is 0 Å². The smallest absolute Gasteiger partial charge is 0.223 e. The van der Waals surface area contributed by atoms with Crippen LogP contribution in [0.15, 0.2) is 4.52 Å². The molecule has 6 heteroatoms. The first-order valence-electron chi connectivity index (χ1n) is 4.54. The molecule has 0 bridgehead atoms. The average molecular weight is 199 g/mol. The zero-order chi connectivity index (χ0) is 9.97. The fourth-order valence-electron chi connectivity index (χ4n) is 1.37. The van der Waals surface area contributed by atoms with Crippen molar-refractivity contribution < 1.29 is 14.4 Å². The lowest BCUT2D eigenvalue weighted by Crippen LogP contribution is -2.38. The number of aryl methyl sites for hydroxylation is 1. The summed E-state index contributed by atoms with van der Waals surface area (Å²) in [6, 6.07) is -0.0335. The highest BCUT2D eigenvalue weighted by Crippen LogP contribution is 2.05. The summed E-state index contributed by atoms with van der Waals surface area (Å²) < 4.78 is 9.90. The summed E-state index contributed by atoms with van der Waals surface area (Å²) in [6.07, 6.45) is -0.442. The summed E-state index contributed by atoms with van der Waals surface area (Å²) in [5.41, 5.74) is 0. The molecule has 1 aromatic heterocycles. The van der Waals surface area contributed by atoms with Crippen LogP contribution in [0, 0.1) is 6.92 Å². The molecular weight excluding hydrogens is 186 g/mol. The normalized spacial score (nSPS) is 27.0. The summed E-state index contributed by atoms with van der Waals surface area (Å²) in [5, 5.41) is 16.3. The summed E-state index contributed by atoms with van der Waals surface area (Å²) in [7, 11) is 0. The quantitative estimate of drug-likeness (QED) is 0.665. The largest absolute Gasteiger partial charge is 0.389 e. The van der Waals surface area contributed by atoms with Crippen molar-refractivity contribution in [3.63, 3.8) is 0 Å². The Morgan fingerprint density at radius 2 is 2.43 bits per heavy atom. The monoisotopic (exact) mass is 199 g/mol. The third-order valence-corrected chi connectivity index (χ3v) is 2.14. The Kier molecular flexibility index (Phi) is 2.76. The maximum Gasteiger partial charge on any atom is 0.223 e. The fraction of sp³-hybridized carbons (Fsp3) is 0.750. The molecule has 1 fully saturated rings. The summed E-state index contributed by atoms with van der Waals surface area (Å²) in [4.78, 5) is 4.03. The Balaban J connectivity index is 1.82. The van der Waals surface area contributed by atoms with E-state index in [9.17, 15) is 5.11 Å². The molecule has 6 nitrogen and oxygen atoms in total. The van der Waals surface area contributed by atoms with Gasteiger partial charge < -0.3 is 19.7 Å². The molecule has 0 aliphatic carbocycles. The van der Waals surface area contributed by atoms with E-state index in [4.69, 9.17) is 9.26 Å². The summed E-state index contributed by atoms with van der Waals surface area (Å²) in [5.74, 6) is 1.15. The van der Waals surface area contributed by atoms with Crippen LogP contribution in [0.1, 0.15) is 11.7 Å². The molecule has 1 saturated heterocycles. The van der Waals surface area contributed by atoms with Crippen molar-refractivity contribution in [2.75, 3.05) is 13.2 Å². The van der Waals surface area contributed by atoms with E-state index in [0.717, 1.165) is 0 Å². The predicted octanol–water partition coefficient (Wildman–Crippen LogP) is -0.773. The third-order valence-electron chi connectivity index (χ3n) is 2.14. The van der Waals surface area contributed by atoms with Gasteiger partial charge in [0.15, 0.2) is 5.82 Å². The van der Waals surface area contributed by atoms with Gasteiger partial charge in [0.25, 0.3) is 0 Å². The van der Waals surface area contributed by atoms with Crippen LogP contribution >= 0.6 is 0 Å². The van der Waals surface area contributed by atoms with Crippen LogP contribution in [0.4, 0.5) is 0 Å². The predicted molar refractivity (Wildman–Crippen MR) is 46.5 cm³/mol. The number of hydrogen-bond donors (Lipinski definition) is 2. The van der Waals surface area contributed by atoms with Crippen LogP contribution in [-0.2, 0) is 11.3 Å². The molecule has 0 radical (unpaired) electrons. The van der Waals surface area contributed by atoms with E-state index in [-0.39, 0.29) is 6.04 Å². The summed E-state index contributed by atoms with van der Waals surface area (Å²) >= 11 is 0. The van der Waals surface area contributed by atoms with Crippen LogP contribution in [0.25, 0.3) is 0 Å². The van der Waals surface area contributed by atoms with Gasteiger partial charge in [-0.25, -0.2) is 0 Å². The molecule has 2 N–H and O–H groups in total.